The molecular formula is C14H20ClNO2. The molecule has 0 unspecified atom stereocenters. The summed E-state index contributed by atoms with van der Waals surface area (Å²) in [5, 5.41) is 3.90. The van der Waals surface area contributed by atoms with Gasteiger partial charge in [0.15, 0.2) is 11.5 Å². The molecule has 1 N–H and O–H groups in total. The summed E-state index contributed by atoms with van der Waals surface area (Å²) >= 11 is 6.26. The summed E-state index contributed by atoms with van der Waals surface area (Å²) < 4.78 is 11.1. The van der Waals surface area contributed by atoms with Gasteiger partial charge in [0.2, 0.25) is 0 Å². The third-order valence-electron chi connectivity index (χ3n) is 3.03. The SMILES string of the molecule is CCNCc1cc(Cl)c(OCC2CC2)c(OC)c1. The maximum Gasteiger partial charge on any atom is 0.179 e. The summed E-state index contributed by atoms with van der Waals surface area (Å²) in [5.41, 5.74) is 1.11. The topological polar surface area (TPSA) is 30.5 Å². The van der Waals surface area contributed by atoms with E-state index in [2.05, 4.69) is 12.2 Å². The lowest BCUT2D eigenvalue weighted by atomic mass is 10.2. The summed E-state index contributed by atoms with van der Waals surface area (Å²) in [4.78, 5) is 0. The van der Waals surface area contributed by atoms with Gasteiger partial charge in [-0.3, -0.25) is 0 Å². The van der Waals surface area contributed by atoms with Gasteiger partial charge in [-0.15, -0.1) is 0 Å². The number of methoxy groups -OCH3 is 1. The summed E-state index contributed by atoms with van der Waals surface area (Å²) in [7, 11) is 1.65. The Kier molecular flexibility index (Phi) is 4.72. The van der Waals surface area contributed by atoms with Crippen LogP contribution in [0.25, 0.3) is 0 Å². The highest BCUT2D eigenvalue weighted by Gasteiger charge is 2.23. The zero-order valence-corrected chi connectivity index (χ0v) is 11.7. The van der Waals surface area contributed by atoms with Crippen LogP contribution in [0, 0.1) is 5.92 Å². The molecule has 100 valence electrons. The average Bonchev–Trinajstić information content (AvgIpc) is 3.18. The van der Waals surface area contributed by atoms with Crippen molar-refractivity contribution in [1.29, 1.82) is 0 Å². The van der Waals surface area contributed by atoms with Gasteiger partial charge in [-0.1, -0.05) is 18.5 Å². The molecule has 1 aliphatic rings. The molecule has 0 radical (unpaired) electrons. The molecule has 3 nitrogen and oxygen atoms in total. The second-order valence-electron chi connectivity index (χ2n) is 4.64. The Balaban J connectivity index is 2.11. The zero-order valence-electron chi connectivity index (χ0n) is 11.0. The van der Waals surface area contributed by atoms with E-state index in [9.17, 15) is 0 Å². The fraction of sp³-hybridized carbons (Fsp3) is 0.571. The number of hydrogen-bond acceptors (Lipinski definition) is 3. The van der Waals surface area contributed by atoms with Crippen LogP contribution < -0.4 is 14.8 Å². The first kappa shape index (κ1) is 13.5. The molecule has 1 aliphatic carbocycles. The monoisotopic (exact) mass is 269 g/mol. The molecule has 0 amide bonds. The van der Waals surface area contributed by atoms with Gasteiger partial charge >= 0.3 is 0 Å². The largest absolute Gasteiger partial charge is 0.493 e. The standard InChI is InChI=1S/C14H20ClNO2/c1-3-16-8-11-6-12(15)14(13(7-11)17-2)18-9-10-4-5-10/h6-7,10,16H,3-5,8-9H2,1-2H3. The van der Waals surface area contributed by atoms with Gasteiger partial charge in [-0.05, 0) is 43.0 Å². The van der Waals surface area contributed by atoms with Crippen LogP contribution in [-0.4, -0.2) is 20.3 Å². The predicted molar refractivity (Wildman–Crippen MR) is 73.6 cm³/mol. The van der Waals surface area contributed by atoms with Gasteiger partial charge < -0.3 is 14.8 Å². The fourth-order valence-electron chi connectivity index (χ4n) is 1.77. The van der Waals surface area contributed by atoms with E-state index in [0.717, 1.165) is 31.0 Å². The number of nitrogens with one attached hydrogen (secondary N) is 1. The van der Waals surface area contributed by atoms with E-state index in [1.807, 2.05) is 12.1 Å². The van der Waals surface area contributed by atoms with Crippen LogP contribution in [0.15, 0.2) is 12.1 Å². The van der Waals surface area contributed by atoms with E-state index < -0.39 is 0 Å². The molecule has 2 rings (SSSR count). The lowest BCUT2D eigenvalue weighted by Gasteiger charge is -2.14. The molecular weight excluding hydrogens is 250 g/mol. The van der Waals surface area contributed by atoms with Crippen molar-refractivity contribution in [2.45, 2.75) is 26.3 Å². The van der Waals surface area contributed by atoms with Crippen LogP contribution >= 0.6 is 11.6 Å². The van der Waals surface area contributed by atoms with Gasteiger partial charge in [0.1, 0.15) is 0 Å². The highest BCUT2D eigenvalue weighted by Crippen LogP contribution is 2.38. The molecule has 0 spiro atoms. The lowest BCUT2D eigenvalue weighted by Crippen LogP contribution is -2.12. The Morgan fingerprint density at radius 2 is 2.17 bits per heavy atom. The lowest BCUT2D eigenvalue weighted by molar-refractivity contribution is 0.280. The van der Waals surface area contributed by atoms with Crippen LogP contribution in [0.1, 0.15) is 25.3 Å². The Hall–Kier alpha value is -0.930. The van der Waals surface area contributed by atoms with Gasteiger partial charge in [0.25, 0.3) is 0 Å². The highest BCUT2D eigenvalue weighted by molar-refractivity contribution is 6.32. The minimum Gasteiger partial charge on any atom is -0.493 e. The number of benzene rings is 1. The van der Waals surface area contributed by atoms with Crippen molar-refractivity contribution in [3.8, 4) is 11.5 Å². The summed E-state index contributed by atoms with van der Waals surface area (Å²) in [5.74, 6) is 2.09. The summed E-state index contributed by atoms with van der Waals surface area (Å²) in [6, 6.07) is 3.92. The van der Waals surface area contributed by atoms with E-state index >= 15 is 0 Å². The first-order valence-electron chi connectivity index (χ1n) is 6.44. The van der Waals surface area contributed by atoms with E-state index in [1.165, 1.54) is 12.8 Å². The van der Waals surface area contributed by atoms with Crippen LogP contribution in [0.3, 0.4) is 0 Å². The van der Waals surface area contributed by atoms with Crippen molar-refractivity contribution < 1.29 is 9.47 Å². The number of hydrogen-bond donors (Lipinski definition) is 1. The van der Waals surface area contributed by atoms with Crippen molar-refractivity contribution >= 4 is 11.6 Å². The summed E-state index contributed by atoms with van der Waals surface area (Å²) in [6.07, 6.45) is 2.52. The van der Waals surface area contributed by atoms with Gasteiger partial charge in [0.05, 0.1) is 18.7 Å². The third kappa shape index (κ3) is 3.53. The second kappa shape index (κ2) is 6.30. The molecule has 1 aromatic carbocycles. The fourth-order valence-corrected chi connectivity index (χ4v) is 2.06. The minimum absolute atomic E-state index is 0.628. The molecule has 18 heavy (non-hydrogen) atoms. The van der Waals surface area contributed by atoms with E-state index in [-0.39, 0.29) is 0 Å². The maximum absolute atomic E-state index is 6.26. The second-order valence-corrected chi connectivity index (χ2v) is 5.05. The normalized spacial score (nSPS) is 14.6. The molecule has 1 aromatic rings. The van der Waals surface area contributed by atoms with E-state index in [1.54, 1.807) is 7.11 Å². The smallest absolute Gasteiger partial charge is 0.179 e. The maximum atomic E-state index is 6.26. The predicted octanol–water partition coefficient (Wildman–Crippen LogP) is 3.25. The first-order chi connectivity index (χ1) is 8.74. The zero-order chi connectivity index (χ0) is 13.0. The van der Waals surface area contributed by atoms with E-state index in [0.29, 0.717) is 16.7 Å². The number of halogens is 1. The van der Waals surface area contributed by atoms with Gasteiger partial charge in [0, 0.05) is 6.54 Å². The number of rotatable bonds is 7. The molecule has 0 heterocycles. The van der Waals surface area contributed by atoms with Crippen LogP contribution in [-0.2, 0) is 6.54 Å². The average molecular weight is 270 g/mol. The van der Waals surface area contributed by atoms with Crippen LogP contribution in [0.5, 0.6) is 11.5 Å². The van der Waals surface area contributed by atoms with Crippen molar-refractivity contribution in [2.24, 2.45) is 5.92 Å². The molecule has 1 saturated carbocycles. The van der Waals surface area contributed by atoms with E-state index in [4.69, 9.17) is 21.1 Å². The van der Waals surface area contributed by atoms with Gasteiger partial charge in [-0.25, -0.2) is 0 Å². The third-order valence-corrected chi connectivity index (χ3v) is 3.31. The quantitative estimate of drug-likeness (QED) is 0.824. The Labute approximate surface area is 113 Å². The molecule has 0 atom stereocenters. The molecule has 0 aromatic heterocycles. The molecule has 0 saturated heterocycles. The van der Waals surface area contributed by atoms with Gasteiger partial charge in [-0.2, -0.15) is 0 Å². The summed E-state index contributed by atoms with van der Waals surface area (Å²) in [6.45, 7) is 4.53. The van der Waals surface area contributed by atoms with Crippen molar-refractivity contribution in [2.75, 3.05) is 20.3 Å². The Bertz CT molecular complexity index is 405. The first-order valence-corrected chi connectivity index (χ1v) is 6.82. The van der Waals surface area contributed by atoms with Crippen LogP contribution in [0.4, 0.5) is 0 Å². The van der Waals surface area contributed by atoms with Crippen molar-refractivity contribution in [3.63, 3.8) is 0 Å². The van der Waals surface area contributed by atoms with Crippen molar-refractivity contribution in [3.05, 3.63) is 22.7 Å². The molecule has 0 bridgehead atoms. The number of ether oxygens (including phenoxy) is 2. The molecule has 0 aliphatic heterocycles. The highest BCUT2D eigenvalue weighted by atomic mass is 35.5. The van der Waals surface area contributed by atoms with Crippen LogP contribution in [0.2, 0.25) is 5.02 Å². The van der Waals surface area contributed by atoms with Crippen molar-refractivity contribution in [1.82, 2.24) is 5.32 Å². The molecule has 1 fully saturated rings. The Morgan fingerprint density at radius 3 is 2.78 bits per heavy atom. The Morgan fingerprint density at radius 1 is 1.39 bits per heavy atom. The minimum atomic E-state index is 0.628. The molecule has 4 heteroatoms.